The zero-order chi connectivity index (χ0) is 14.4. The Kier molecular flexibility index (Phi) is 5.82. The van der Waals surface area contributed by atoms with Gasteiger partial charge >= 0.3 is 12.0 Å². The number of hydrogen-bond acceptors (Lipinski definition) is 2. The van der Waals surface area contributed by atoms with E-state index in [0.717, 1.165) is 10.0 Å². The molecule has 0 spiro atoms. The molecule has 0 saturated carbocycles. The minimum atomic E-state index is -1.02. The zero-order valence-electron chi connectivity index (χ0n) is 10.9. The fraction of sp³-hybridized carbons (Fsp3) is 0.385. The van der Waals surface area contributed by atoms with Gasteiger partial charge in [-0.05, 0) is 37.1 Å². The fourth-order valence-corrected chi connectivity index (χ4v) is 1.86. The van der Waals surface area contributed by atoms with E-state index in [-0.39, 0.29) is 6.54 Å². The van der Waals surface area contributed by atoms with Crippen molar-refractivity contribution in [2.75, 3.05) is 18.4 Å². The average Bonchev–Trinajstić information content (AvgIpc) is 2.33. The van der Waals surface area contributed by atoms with Crippen LogP contribution in [0.3, 0.4) is 0 Å². The summed E-state index contributed by atoms with van der Waals surface area (Å²) in [6, 6.07) is 5.03. The summed E-state index contributed by atoms with van der Waals surface area (Å²) in [6.07, 6.45) is 0.708. The number of carbonyl (C=O) groups excluding carboxylic acids is 1. The summed E-state index contributed by atoms with van der Waals surface area (Å²) in [4.78, 5) is 24.0. The summed E-state index contributed by atoms with van der Waals surface area (Å²) in [7, 11) is 0. The summed E-state index contributed by atoms with van der Waals surface area (Å²) in [5.41, 5.74) is 1.65. The van der Waals surface area contributed by atoms with Gasteiger partial charge in [0.1, 0.15) is 6.54 Å². The maximum atomic E-state index is 12.0. The summed E-state index contributed by atoms with van der Waals surface area (Å²) in [5, 5.41) is 11.5. The van der Waals surface area contributed by atoms with E-state index in [9.17, 15) is 9.59 Å². The van der Waals surface area contributed by atoms with E-state index in [4.69, 9.17) is 5.11 Å². The number of urea groups is 1. The molecule has 0 saturated heterocycles. The topological polar surface area (TPSA) is 69.6 Å². The first kappa shape index (κ1) is 15.5. The average molecular weight is 329 g/mol. The molecule has 0 unspecified atom stereocenters. The molecule has 19 heavy (non-hydrogen) atoms. The van der Waals surface area contributed by atoms with E-state index in [2.05, 4.69) is 21.2 Å². The number of halogens is 1. The third-order valence-electron chi connectivity index (χ3n) is 2.52. The molecule has 0 heterocycles. The number of anilines is 1. The summed E-state index contributed by atoms with van der Waals surface area (Å²) >= 11 is 3.38. The van der Waals surface area contributed by atoms with Crippen molar-refractivity contribution in [3.05, 3.63) is 28.2 Å². The van der Waals surface area contributed by atoms with Gasteiger partial charge in [0.25, 0.3) is 0 Å². The van der Waals surface area contributed by atoms with Gasteiger partial charge in [0.2, 0.25) is 0 Å². The second-order valence-electron chi connectivity index (χ2n) is 4.21. The van der Waals surface area contributed by atoms with Crippen LogP contribution in [0.2, 0.25) is 0 Å². The van der Waals surface area contributed by atoms with Gasteiger partial charge in [0, 0.05) is 16.7 Å². The van der Waals surface area contributed by atoms with Crippen molar-refractivity contribution < 1.29 is 14.7 Å². The van der Waals surface area contributed by atoms with Gasteiger partial charge in [-0.15, -0.1) is 0 Å². The number of amides is 2. The number of hydrogen-bond donors (Lipinski definition) is 2. The van der Waals surface area contributed by atoms with Crippen molar-refractivity contribution in [1.82, 2.24) is 4.90 Å². The van der Waals surface area contributed by atoms with Gasteiger partial charge in [-0.2, -0.15) is 0 Å². The molecule has 1 rings (SSSR count). The fourth-order valence-electron chi connectivity index (χ4n) is 1.61. The van der Waals surface area contributed by atoms with Crippen LogP contribution in [0.5, 0.6) is 0 Å². The van der Waals surface area contributed by atoms with Crippen LogP contribution in [0.4, 0.5) is 10.5 Å². The lowest BCUT2D eigenvalue weighted by Gasteiger charge is -2.20. The molecule has 0 aliphatic heterocycles. The Bertz CT molecular complexity index is 477. The summed E-state index contributed by atoms with van der Waals surface area (Å²) in [5.74, 6) is -1.02. The van der Waals surface area contributed by atoms with Crippen LogP contribution >= 0.6 is 15.9 Å². The Morgan fingerprint density at radius 2 is 2.11 bits per heavy atom. The SMILES string of the molecule is CCCN(CC(=O)O)C(=O)Nc1ccc(Br)c(C)c1. The van der Waals surface area contributed by atoms with Crippen molar-refractivity contribution in [3.63, 3.8) is 0 Å². The van der Waals surface area contributed by atoms with Gasteiger partial charge < -0.3 is 15.3 Å². The minimum Gasteiger partial charge on any atom is -0.480 e. The third kappa shape index (κ3) is 4.90. The van der Waals surface area contributed by atoms with Gasteiger partial charge in [-0.3, -0.25) is 4.79 Å². The van der Waals surface area contributed by atoms with Crippen LogP contribution in [0.25, 0.3) is 0 Å². The molecule has 6 heteroatoms. The van der Waals surface area contributed by atoms with Crippen molar-refractivity contribution in [2.45, 2.75) is 20.3 Å². The largest absolute Gasteiger partial charge is 0.480 e. The first-order valence-corrected chi connectivity index (χ1v) is 6.77. The molecule has 0 fully saturated rings. The second-order valence-corrected chi connectivity index (χ2v) is 5.06. The molecule has 2 amide bonds. The molecule has 0 aliphatic carbocycles. The molecule has 1 aromatic carbocycles. The van der Waals surface area contributed by atoms with Crippen molar-refractivity contribution in [1.29, 1.82) is 0 Å². The lowest BCUT2D eigenvalue weighted by Crippen LogP contribution is -2.39. The predicted molar refractivity (Wildman–Crippen MR) is 77.4 cm³/mol. The maximum Gasteiger partial charge on any atom is 0.323 e. The lowest BCUT2D eigenvalue weighted by atomic mass is 10.2. The molecule has 5 nitrogen and oxygen atoms in total. The molecular formula is C13H17BrN2O3. The van der Waals surface area contributed by atoms with E-state index in [1.807, 2.05) is 26.0 Å². The molecule has 2 N–H and O–H groups in total. The number of carboxylic acids is 1. The van der Waals surface area contributed by atoms with Crippen LogP contribution in [0.1, 0.15) is 18.9 Å². The number of rotatable bonds is 5. The third-order valence-corrected chi connectivity index (χ3v) is 3.41. The number of carbonyl (C=O) groups is 2. The van der Waals surface area contributed by atoms with E-state index >= 15 is 0 Å². The molecule has 0 atom stereocenters. The van der Waals surface area contributed by atoms with Crippen molar-refractivity contribution in [2.24, 2.45) is 0 Å². The standard InChI is InChI=1S/C13H17BrN2O3/c1-3-6-16(8-12(17)18)13(19)15-10-4-5-11(14)9(2)7-10/h4-5,7H,3,6,8H2,1-2H3,(H,15,19)(H,17,18). The van der Waals surface area contributed by atoms with Gasteiger partial charge in [0.05, 0.1) is 0 Å². The van der Waals surface area contributed by atoms with E-state index in [1.165, 1.54) is 4.90 Å². The Morgan fingerprint density at radius 1 is 1.42 bits per heavy atom. The van der Waals surface area contributed by atoms with E-state index in [0.29, 0.717) is 18.7 Å². The van der Waals surface area contributed by atoms with E-state index < -0.39 is 12.0 Å². The molecular weight excluding hydrogens is 312 g/mol. The molecule has 104 valence electrons. The van der Waals surface area contributed by atoms with E-state index in [1.54, 1.807) is 6.07 Å². The Labute approximate surface area is 120 Å². The van der Waals surface area contributed by atoms with Gasteiger partial charge in [-0.1, -0.05) is 22.9 Å². The first-order chi connectivity index (χ1) is 8.93. The van der Waals surface area contributed by atoms with Crippen molar-refractivity contribution >= 4 is 33.6 Å². The van der Waals surface area contributed by atoms with Crippen molar-refractivity contribution in [3.8, 4) is 0 Å². The number of aliphatic carboxylic acids is 1. The molecule has 0 bridgehead atoms. The summed E-state index contributed by atoms with van der Waals surface area (Å²) in [6.45, 7) is 3.93. The second kappa shape index (κ2) is 7.13. The smallest absolute Gasteiger partial charge is 0.323 e. The van der Waals surface area contributed by atoms with Crippen LogP contribution in [-0.2, 0) is 4.79 Å². The highest BCUT2D eigenvalue weighted by Gasteiger charge is 2.15. The monoisotopic (exact) mass is 328 g/mol. The summed E-state index contributed by atoms with van der Waals surface area (Å²) < 4.78 is 0.960. The molecule has 0 radical (unpaired) electrons. The Balaban J connectivity index is 2.74. The normalized spacial score (nSPS) is 10.1. The van der Waals surface area contributed by atoms with Gasteiger partial charge in [0.15, 0.2) is 0 Å². The first-order valence-electron chi connectivity index (χ1n) is 5.98. The highest BCUT2D eigenvalue weighted by molar-refractivity contribution is 9.10. The Morgan fingerprint density at radius 3 is 2.63 bits per heavy atom. The van der Waals surface area contributed by atoms with Crippen LogP contribution in [-0.4, -0.2) is 35.1 Å². The van der Waals surface area contributed by atoms with Crippen LogP contribution in [0, 0.1) is 6.92 Å². The van der Waals surface area contributed by atoms with Crippen LogP contribution in [0.15, 0.2) is 22.7 Å². The number of nitrogens with zero attached hydrogens (tertiary/aromatic N) is 1. The Hall–Kier alpha value is -1.56. The van der Waals surface area contributed by atoms with Crippen LogP contribution < -0.4 is 5.32 Å². The number of carboxylic acid groups (broad SMARTS) is 1. The quantitative estimate of drug-likeness (QED) is 0.872. The molecule has 0 aliphatic rings. The highest BCUT2D eigenvalue weighted by atomic mass is 79.9. The van der Waals surface area contributed by atoms with Gasteiger partial charge in [-0.25, -0.2) is 4.79 Å². The number of nitrogens with one attached hydrogen (secondary N) is 1. The zero-order valence-corrected chi connectivity index (χ0v) is 12.5. The number of aryl methyl sites for hydroxylation is 1. The maximum absolute atomic E-state index is 12.0. The number of benzene rings is 1. The molecule has 1 aromatic rings. The molecule has 0 aromatic heterocycles. The lowest BCUT2D eigenvalue weighted by molar-refractivity contribution is -0.137. The highest BCUT2D eigenvalue weighted by Crippen LogP contribution is 2.20. The predicted octanol–water partition coefficient (Wildman–Crippen LogP) is 3.09. The minimum absolute atomic E-state index is 0.296.